The molecule has 0 aliphatic heterocycles. The third kappa shape index (κ3) is 5.13. The Morgan fingerprint density at radius 2 is 1.69 bits per heavy atom. The van der Waals surface area contributed by atoms with Gasteiger partial charge in [-0.15, -0.1) is 0 Å². The molecule has 0 radical (unpaired) electrons. The lowest BCUT2D eigenvalue weighted by molar-refractivity contribution is -0.162. The minimum Gasteiger partial charge on any atom is -0.390 e. The fourth-order valence-electron chi connectivity index (χ4n) is 0.673. The molecule has 0 saturated heterocycles. The van der Waals surface area contributed by atoms with Crippen molar-refractivity contribution in [2.45, 2.75) is 38.1 Å². The SMILES string of the molecule is CC(S)C(=O)N[C@@H](C)C(=O)OC(=O)[C@H](C)N. The Hall–Kier alpha value is -1.08. The molecule has 16 heavy (non-hydrogen) atoms. The van der Waals surface area contributed by atoms with Crippen molar-refractivity contribution >= 4 is 30.5 Å². The van der Waals surface area contributed by atoms with Gasteiger partial charge in [0.1, 0.15) is 12.1 Å². The summed E-state index contributed by atoms with van der Waals surface area (Å²) in [5, 5.41) is 1.80. The number of thiol groups is 1. The minimum atomic E-state index is -0.912. The number of nitrogens with two attached hydrogens (primary N) is 1. The van der Waals surface area contributed by atoms with Gasteiger partial charge >= 0.3 is 11.9 Å². The first-order chi connectivity index (χ1) is 7.25. The maximum Gasteiger partial charge on any atom is 0.336 e. The second-order valence-electron chi connectivity index (χ2n) is 3.44. The van der Waals surface area contributed by atoms with E-state index < -0.39 is 35.2 Å². The number of esters is 2. The number of carbonyl (C=O) groups excluding carboxylic acids is 3. The third-order valence-electron chi connectivity index (χ3n) is 1.66. The smallest absolute Gasteiger partial charge is 0.336 e. The molecule has 0 saturated carbocycles. The fourth-order valence-corrected chi connectivity index (χ4v) is 0.748. The van der Waals surface area contributed by atoms with E-state index in [1.54, 1.807) is 6.92 Å². The molecule has 6 nitrogen and oxygen atoms in total. The normalized spacial score (nSPS) is 15.8. The van der Waals surface area contributed by atoms with E-state index in [0.717, 1.165) is 0 Å². The van der Waals surface area contributed by atoms with E-state index in [1.165, 1.54) is 13.8 Å². The summed E-state index contributed by atoms with van der Waals surface area (Å²) in [4.78, 5) is 33.4. The number of rotatable bonds is 4. The van der Waals surface area contributed by atoms with Gasteiger partial charge in [0.05, 0.1) is 5.25 Å². The average molecular weight is 248 g/mol. The lowest BCUT2D eigenvalue weighted by Crippen LogP contribution is -2.44. The zero-order valence-corrected chi connectivity index (χ0v) is 10.3. The Bertz CT molecular complexity index is 291. The zero-order valence-electron chi connectivity index (χ0n) is 9.39. The van der Waals surface area contributed by atoms with Crippen LogP contribution < -0.4 is 11.1 Å². The van der Waals surface area contributed by atoms with Gasteiger partial charge < -0.3 is 15.8 Å². The second-order valence-corrected chi connectivity index (χ2v) is 4.21. The Labute approximate surface area is 99.3 Å². The maximum atomic E-state index is 11.3. The summed E-state index contributed by atoms with van der Waals surface area (Å²) in [5.74, 6) is -2.09. The van der Waals surface area contributed by atoms with Crippen LogP contribution in [0.2, 0.25) is 0 Å². The first-order valence-electron chi connectivity index (χ1n) is 4.75. The number of carbonyl (C=O) groups is 3. The standard InChI is InChI=1S/C9H16N2O4S/c1-4(10)8(13)15-9(14)5(2)11-7(12)6(3)16/h4-6,16H,10H2,1-3H3,(H,11,12)/t4-,5-,6?/m0/s1. The maximum absolute atomic E-state index is 11.3. The highest BCUT2D eigenvalue weighted by Gasteiger charge is 2.22. The van der Waals surface area contributed by atoms with Crippen LogP contribution in [0, 0.1) is 0 Å². The van der Waals surface area contributed by atoms with Crippen LogP contribution in [0.3, 0.4) is 0 Å². The number of amides is 1. The molecule has 0 heterocycles. The van der Waals surface area contributed by atoms with Crippen molar-refractivity contribution in [2.24, 2.45) is 5.73 Å². The Balaban J connectivity index is 4.20. The number of hydrogen-bond donors (Lipinski definition) is 3. The zero-order chi connectivity index (χ0) is 12.9. The summed E-state index contributed by atoms with van der Waals surface area (Å²) in [7, 11) is 0. The van der Waals surface area contributed by atoms with Gasteiger partial charge in [0.25, 0.3) is 0 Å². The monoisotopic (exact) mass is 248 g/mol. The molecule has 0 fully saturated rings. The summed E-state index contributed by atoms with van der Waals surface area (Å²) in [5.41, 5.74) is 5.21. The summed E-state index contributed by atoms with van der Waals surface area (Å²) in [6, 6.07) is -1.79. The predicted molar refractivity (Wildman–Crippen MR) is 60.8 cm³/mol. The molecule has 3 N–H and O–H groups in total. The lowest BCUT2D eigenvalue weighted by atomic mass is 10.3. The fraction of sp³-hybridized carbons (Fsp3) is 0.667. The summed E-state index contributed by atoms with van der Waals surface area (Å²) >= 11 is 3.89. The van der Waals surface area contributed by atoms with Crippen molar-refractivity contribution in [3.05, 3.63) is 0 Å². The van der Waals surface area contributed by atoms with E-state index >= 15 is 0 Å². The van der Waals surface area contributed by atoms with E-state index in [0.29, 0.717) is 0 Å². The van der Waals surface area contributed by atoms with Gasteiger partial charge in [-0.25, -0.2) is 9.59 Å². The van der Waals surface area contributed by atoms with Crippen LogP contribution in [0.25, 0.3) is 0 Å². The van der Waals surface area contributed by atoms with Crippen molar-refractivity contribution in [1.29, 1.82) is 0 Å². The molecule has 92 valence electrons. The highest BCUT2D eigenvalue weighted by Crippen LogP contribution is 1.96. The number of ether oxygens (including phenoxy) is 1. The molecule has 0 aliphatic rings. The van der Waals surface area contributed by atoms with Gasteiger partial charge in [-0.3, -0.25) is 4.79 Å². The molecule has 0 aromatic heterocycles. The van der Waals surface area contributed by atoms with Crippen LogP contribution in [-0.4, -0.2) is 35.2 Å². The molecule has 3 atom stereocenters. The molecule has 7 heteroatoms. The van der Waals surface area contributed by atoms with E-state index in [4.69, 9.17) is 5.73 Å². The Kier molecular flexibility index (Phi) is 6.05. The first-order valence-corrected chi connectivity index (χ1v) is 5.27. The van der Waals surface area contributed by atoms with Crippen LogP contribution >= 0.6 is 12.6 Å². The largest absolute Gasteiger partial charge is 0.390 e. The number of nitrogens with one attached hydrogen (secondary N) is 1. The molecule has 1 unspecified atom stereocenters. The topological polar surface area (TPSA) is 98.5 Å². The van der Waals surface area contributed by atoms with Gasteiger partial charge in [-0.1, -0.05) is 0 Å². The summed E-state index contributed by atoms with van der Waals surface area (Å²) < 4.78 is 4.41. The van der Waals surface area contributed by atoms with E-state index in [1.807, 2.05) is 0 Å². The minimum absolute atomic E-state index is 0.416. The molecular weight excluding hydrogens is 232 g/mol. The molecular formula is C9H16N2O4S. The van der Waals surface area contributed by atoms with Crippen LogP contribution in [0.5, 0.6) is 0 Å². The molecule has 0 aromatic carbocycles. The van der Waals surface area contributed by atoms with E-state index in [2.05, 4.69) is 22.7 Å². The van der Waals surface area contributed by atoms with Crippen LogP contribution in [0.1, 0.15) is 20.8 Å². The van der Waals surface area contributed by atoms with Gasteiger partial charge in [0.2, 0.25) is 5.91 Å². The van der Waals surface area contributed by atoms with Crippen molar-refractivity contribution in [3.63, 3.8) is 0 Å². The van der Waals surface area contributed by atoms with Crippen LogP contribution in [-0.2, 0) is 19.1 Å². The lowest BCUT2D eigenvalue weighted by Gasteiger charge is -2.14. The van der Waals surface area contributed by atoms with Crippen molar-refractivity contribution < 1.29 is 19.1 Å². The molecule has 0 aromatic rings. The molecule has 0 bridgehead atoms. The van der Waals surface area contributed by atoms with Crippen molar-refractivity contribution in [2.75, 3.05) is 0 Å². The molecule has 0 rings (SSSR count). The average Bonchev–Trinajstić information content (AvgIpc) is 2.16. The van der Waals surface area contributed by atoms with Gasteiger partial charge in [0.15, 0.2) is 0 Å². The quantitative estimate of drug-likeness (QED) is 0.344. The van der Waals surface area contributed by atoms with Gasteiger partial charge in [-0.2, -0.15) is 12.6 Å². The van der Waals surface area contributed by atoms with Crippen LogP contribution in [0.15, 0.2) is 0 Å². The van der Waals surface area contributed by atoms with Crippen molar-refractivity contribution in [3.8, 4) is 0 Å². The predicted octanol–water partition coefficient (Wildman–Crippen LogP) is -0.774. The molecule has 0 aliphatic carbocycles. The molecule has 0 spiro atoms. The third-order valence-corrected chi connectivity index (χ3v) is 1.90. The van der Waals surface area contributed by atoms with Crippen LogP contribution in [0.4, 0.5) is 0 Å². The van der Waals surface area contributed by atoms with E-state index in [-0.39, 0.29) is 0 Å². The highest BCUT2D eigenvalue weighted by atomic mass is 32.1. The first kappa shape index (κ1) is 14.9. The number of hydrogen-bond acceptors (Lipinski definition) is 6. The molecule has 1 amide bonds. The highest BCUT2D eigenvalue weighted by molar-refractivity contribution is 7.81. The summed E-state index contributed by atoms with van der Waals surface area (Å²) in [6.45, 7) is 4.36. The summed E-state index contributed by atoms with van der Waals surface area (Å²) in [6.07, 6.45) is 0. The van der Waals surface area contributed by atoms with Gasteiger partial charge in [0, 0.05) is 0 Å². The Morgan fingerprint density at radius 1 is 1.19 bits per heavy atom. The second kappa shape index (κ2) is 6.49. The Morgan fingerprint density at radius 3 is 2.06 bits per heavy atom. The van der Waals surface area contributed by atoms with E-state index in [9.17, 15) is 14.4 Å². The van der Waals surface area contributed by atoms with Gasteiger partial charge in [-0.05, 0) is 20.8 Å². The van der Waals surface area contributed by atoms with Crippen molar-refractivity contribution in [1.82, 2.24) is 5.32 Å².